The van der Waals surface area contributed by atoms with Crippen LogP contribution in [0.1, 0.15) is 5.56 Å². The molecule has 0 unspecified atom stereocenters. The van der Waals surface area contributed by atoms with E-state index in [0.717, 1.165) is 43.7 Å². The number of guanidine groups is 1. The number of carbonyl (C=O) groups excluding carboxylic acids is 1. The second-order valence-corrected chi connectivity index (χ2v) is 7.18. The quantitative estimate of drug-likeness (QED) is 0.426. The van der Waals surface area contributed by atoms with Crippen molar-refractivity contribution < 1.29 is 9.53 Å². The lowest BCUT2D eigenvalue weighted by molar-refractivity contribution is -0.127. The second-order valence-electron chi connectivity index (χ2n) is 6.74. The molecule has 1 amide bonds. The van der Waals surface area contributed by atoms with Crippen LogP contribution in [0.4, 0.5) is 0 Å². The van der Waals surface area contributed by atoms with Gasteiger partial charge in [0.15, 0.2) is 5.96 Å². The number of hydrogen-bond acceptors (Lipinski definition) is 4. The Morgan fingerprint density at radius 1 is 1.30 bits per heavy atom. The molecule has 8 heteroatoms. The van der Waals surface area contributed by atoms with Crippen LogP contribution in [0, 0.1) is 0 Å². The Kier molecular flexibility index (Phi) is 8.84. The van der Waals surface area contributed by atoms with E-state index in [0.29, 0.717) is 13.2 Å². The van der Waals surface area contributed by atoms with Gasteiger partial charge < -0.3 is 19.9 Å². The number of ether oxygens (including phenoxy) is 1. The summed E-state index contributed by atoms with van der Waals surface area (Å²) >= 11 is 6.08. The summed E-state index contributed by atoms with van der Waals surface area (Å²) in [6, 6.07) is 8.00. The first kappa shape index (κ1) is 21.5. The fourth-order valence-electron chi connectivity index (χ4n) is 2.83. The number of carbonyl (C=O) groups is 1. The van der Waals surface area contributed by atoms with E-state index in [1.54, 1.807) is 26.1 Å². The molecule has 0 spiro atoms. The molecular formula is C19H30ClN5O2. The van der Waals surface area contributed by atoms with Gasteiger partial charge >= 0.3 is 0 Å². The Morgan fingerprint density at radius 3 is 2.67 bits per heavy atom. The molecule has 1 fully saturated rings. The third-order valence-electron chi connectivity index (χ3n) is 4.42. The zero-order valence-corrected chi connectivity index (χ0v) is 17.2. The van der Waals surface area contributed by atoms with Crippen molar-refractivity contribution in [3.05, 3.63) is 34.9 Å². The van der Waals surface area contributed by atoms with Crippen LogP contribution in [0.2, 0.25) is 5.02 Å². The number of aliphatic imine (C=N–C) groups is 1. The number of nitrogens with one attached hydrogen (secondary N) is 1. The van der Waals surface area contributed by atoms with Gasteiger partial charge in [-0.25, -0.2) is 4.99 Å². The molecule has 27 heavy (non-hydrogen) atoms. The lowest BCUT2D eigenvalue weighted by atomic mass is 10.2. The lowest BCUT2D eigenvalue weighted by Gasteiger charge is -2.36. The number of benzene rings is 1. The predicted molar refractivity (Wildman–Crippen MR) is 109 cm³/mol. The molecule has 1 aromatic carbocycles. The minimum Gasteiger partial charge on any atom is -0.383 e. The Morgan fingerprint density at radius 2 is 2.04 bits per heavy atom. The molecule has 0 saturated carbocycles. The topological polar surface area (TPSA) is 60.4 Å². The van der Waals surface area contributed by atoms with E-state index in [9.17, 15) is 4.79 Å². The minimum atomic E-state index is -0.0133. The van der Waals surface area contributed by atoms with E-state index in [1.807, 2.05) is 18.2 Å². The molecule has 1 heterocycles. The van der Waals surface area contributed by atoms with Gasteiger partial charge in [-0.2, -0.15) is 0 Å². The van der Waals surface area contributed by atoms with E-state index in [1.165, 1.54) is 5.56 Å². The molecule has 1 aliphatic heterocycles. The summed E-state index contributed by atoms with van der Waals surface area (Å²) in [5.41, 5.74) is 1.22. The number of hydrogen-bond donors (Lipinski definition) is 1. The first-order valence-corrected chi connectivity index (χ1v) is 9.56. The summed E-state index contributed by atoms with van der Waals surface area (Å²) in [6.07, 6.45) is 0. The van der Waals surface area contributed by atoms with Crippen LogP contribution in [0.3, 0.4) is 0 Å². The van der Waals surface area contributed by atoms with Gasteiger partial charge in [0.1, 0.15) is 6.54 Å². The fourth-order valence-corrected chi connectivity index (χ4v) is 3.04. The number of amides is 1. The lowest BCUT2D eigenvalue weighted by Crippen LogP contribution is -2.52. The SMILES string of the molecule is COCCNC(=NCC(=O)N(C)C)N1CCN(Cc2cccc(Cl)c2)CC1. The molecule has 7 nitrogen and oxygen atoms in total. The van der Waals surface area contributed by atoms with Crippen molar-refractivity contribution in [3.63, 3.8) is 0 Å². The molecule has 2 rings (SSSR count). The molecule has 150 valence electrons. The smallest absolute Gasteiger partial charge is 0.243 e. The summed E-state index contributed by atoms with van der Waals surface area (Å²) in [7, 11) is 5.15. The Bertz CT molecular complexity index is 630. The summed E-state index contributed by atoms with van der Waals surface area (Å²) in [5, 5.41) is 4.07. The van der Waals surface area contributed by atoms with E-state index in [4.69, 9.17) is 16.3 Å². The molecule has 0 radical (unpaired) electrons. The van der Waals surface area contributed by atoms with Crippen molar-refractivity contribution in [2.45, 2.75) is 6.54 Å². The molecule has 1 N–H and O–H groups in total. The minimum absolute atomic E-state index is 0.0133. The monoisotopic (exact) mass is 395 g/mol. The van der Waals surface area contributed by atoms with Gasteiger partial charge in [-0.05, 0) is 17.7 Å². The third-order valence-corrected chi connectivity index (χ3v) is 4.65. The van der Waals surface area contributed by atoms with Crippen LogP contribution in [0.5, 0.6) is 0 Å². The number of nitrogens with zero attached hydrogens (tertiary/aromatic N) is 4. The number of likely N-dealkylation sites (N-methyl/N-ethyl adjacent to an activating group) is 1. The highest BCUT2D eigenvalue weighted by atomic mass is 35.5. The Hall–Kier alpha value is -1.83. The first-order valence-electron chi connectivity index (χ1n) is 9.18. The number of halogens is 1. The highest BCUT2D eigenvalue weighted by Crippen LogP contribution is 2.14. The maximum absolute atomic E-state index is 11.9. The average Bonchev–Trinajstić information content (AvgIpc) is 2.65. The van der Waals surface area contributed by atoms with Crippen molar-refractivity contribution in [3.8, 4) is 0 Å². The van der Waals surface area contributed by atoms with Crippen LogP contribution in [-0.2, 0) is 16.1 Å². The number of methoxy groups -OCH3 is 1. The van der Waals surface area contributed by atoms with E-state index < -0.39 is 0 Å². The summed E-state index contributed by atoms with van der Waals surface area (Å²) in [4.78, 5) is 22.5. The van der Waals surface area contributed by atoms with Gasteiger partial charge in [-0.1, -0.05) is 23.7 Å². The molecular weight excluding hydrogens is 366 g/mol. The molecule has 0 bridgehead atoms. The number of piperazine rings is 1. The van der Waals surface area contributed by atoms with Crippen LogP contribution >= 0.6 is 11.6 Å². The van der Waals surface area contributed by atoms with Crippen LogP contribution in [0.15, 0.2) is 29.3 Å². The van der Waals surface area contributed by atoms with E-state index >= 15 is 0 Å². The zero-order chi connectivity index (χ0) is 19.6. The van der Waals surface area contributed by atoms with E-state index in [2.05, 4.69) is 26.2 Å². The fraction of sp³-hybridized carbons (Fsp3) is 0.579. The molecule has 0 aliphatic carbocycles. The second kappa shape index (κ2) is 11.1. The molecule has 1 aliphatic rings. The van der Waals surface area contributed by atoms with Crippen LogP contribution in [0.25, 0.3) is 0 Å². The van der Waals surface area contributed by atoms with Crippen LogP contribution < -0.4 is 5.32 Å². The van der Waals surface area contributed by atoms with E-state index in [-0.39, 0.29) is 12.5 Å². The number of rotatable bonds is 7. The molecule has 0 aromatic heterocycles. The molecule has 0 atom stereocenters. The summed E-state index contributed by atoms with van der Waals surface area (Å²) in [5.74, 6) is 0.755. The predicted octanol–water partition coefficient (Wildman–Crippen LogP) is 1.14. The van der Waals surface area contributed by atoms with Crippen molar-refractivity contribution in [2.24, 2.45) is 4.99 Å². The van der Waals surface area contributed by atoms with Gasteiger partial charge in [0.25, 0.3) is 0 Å². The van der Waals surface area contributed by atoms with Gasteiger partial charge in [-0.3, -0.25) is 9.69 Å². The van der Waals surface area contributed by atoms with Crippen molar-refractivity contribution in [1.29, 1.82) is 0 Å². The normalized spacial score (nSPS) is 15.7. The first-order chi connectivity index (χ1) is 13.0. The maximum atomic E-state index is 11.9. The van der Waals surface area contributed by atoms with Gasteiger partial charge in [0, 0.05) is 65.5 Å². The summed E-state index contributed by atoms with van der Waals surface area (Å²) in [6.45, 7) is 5.86. The van der Waals surface area contributed by atoms with Crippen molar-refractivity contribution in [2.75, 3.05) is 67.1 Å². The molecule has 1 saturated heterocycles. The Balaban J connectivity index is 1.91. The largest absolute Gasteiger partial charge is 0.383 e. The van der Waals surface area contributed by atoms with Gasteiger partial charge in [-0.15, -0.1) is 0 Å². The van der Waals surface area contributed by atoms with Gasteiger partial charge in [0.05, 0.1) is 6.61 Å². The summed E-state index contributed by atoms with van der Waals surface area (Å²) < 4.78 is 5.11. The highest BCUT2D eigenvalue weighted by Gasteiger charge is 2.20. The van der Waals surface area contributed by atoms with Crippen molar-refractivity contribution in [1.82, 2.24) is 20.0 Å². The average molecular weight is 396 g/mol. The zero-order valence-electron chi connectivity index (χ0n) is 16.4. The Labute approximate surface area is 166 Å². The highest BCUT2D eigenvalue weighted by molar-refractivity contribution is 6.30. The maximum Gasteiger partial charge on any atom is 0.243 e. The molecule has 1 aromatic rings. The van der Waals surface area contributed by atoms with Crippen molar-refractivity contribution >= 4 is 23.5 Å². The van der Waals surface area contributed by atoms with Gasteiger partial charge in [0.2, 0.25) is 5.91 Å². The standard InChI is InChI=1S/C19H30ClN5O2/c1-23(2)18(26)14-22-19(21-7-12-27-3)25-10-8-24(9-11-25)15-16-5-4-6-17(20)13-16/h4-6,13H,7-12,14-15H2,1-3H3,(H,21,22). The third kappa shape index (κ3) is 7.36. The van der Waals surface area contributed by atoms with Crippen LogP contribution in [-0.4, -0.2) is 93.6 Å².